The SMILES string of the molecule is O=C(CCN(CC1CCCO1)C(=O)c1cccc(Br)c1)N1CCNCC1. The lowest BCUT2D eigenvalue weighted by Crippen LogP contribution is -2.47. The summed E-state index contributed by atoms with van der Waals surface area (Å²) in [6.45, 7) is 4.87. The number of nitrogens with zero attached hydrogens (tertiary/aromatic N) is 2. The summed E-state index contributed by atoms with van der Waals surface area (Å²) in [6.07, 6.45) is 2.42. The van der Waals surface area contributed by atoms with Crippen LogP contribution < -0.4 is 5.32 Å². The van der Waals surface area contributed by atoms with Gasteiger partial charge in [0.25, 0.3) is 5.91 Å². The van der Waals surface area contributed by atoms with Crippen LogP contribution in [0.25, 0.3) is 0 Å². The Hall–Kier alpha value is -1.44. The molecular formula is C19H26BrN3O3. The lowest BCUT2D eigenvalue weighted by molar-refractivity contribution is -0.132. The van der Waals surface area contributed by atoms with Crippen LogP contribution >= 0.6 is 15.9 Å². The van der Waals surface area contributed by atoms with Gasteiger partial charge in [0, 0.05) is 62.3 Å². The van der Waals surface area contributed by atoms with Crippen LogP contribution in [0.15, 0.2) is 28.7 Å². The standard InChI is InChI=1S/C19H26BrN3O3/c20-16-4-1-3-15(13-16)19(25)23(14-17-5-2-12-26-17)9-6-18(24)22-10-7-21-8-11-22/h1,3-4,13,17,21H,2,5-12,14H2. The molecular weight excluding hydrogens is 398 g/mol. The van der Waals surface area contributed by atoms with E-state index in [9.17, 15) is 9.59 Å². The van der Waals surface area contributed by atoms with Crippen molar-refractivity contribution in [3.05, 3.63) is 34.3 Å². The van der Waals surface area contributed by atoms with Crippen molar-refractivity contribution < 1.29 is 14.3 Å². The molecule has 6 nitrogen and oxygen atoms in total. The van der Waals surface area contributed by atoms with Crippen LogP contribution in [-0.4, -0.2) is 73.6 Å². The molecule has 1 unspecified atom stereocenters. The van der Waals surface area contributed by atoms with Gasteiger partial charge in [0.15, 0.2) is 0 Å². The molecule has 0 spiro atoms. The number of ether oxygens (including phenoxy) is 1. The van der Waals surface area contributed by atoms with E-state index < -0.39 is 0 Å². The maximum atomic E-state index is 13.0. The second-order valence-electron chi connectivity index (χ2n) is 6.78. The van der Waals surface area contributed by atoms with Crippen LogP contribution in [-0.2, 0) is 9.53 Å². The summed E-state index contributed by atoms with van der Waals surface area (Å²) in [5.74, 6) is 0.0702. The minimum Gasteiger partial charge on any atom is -0.376 e. The van der Waals surface area contributed by atoms with E-state index >= 15 is 0 Å². The number of carbonyl (C=O) groups is 2. The topological polar surface area (TPSA) is 61.9 Å². The fraction of sp³-hybridized carbons (Fsp3) is 0.579. The average molecular weight is 424 g/mol. The zero-order valence-electron chi connectivity index (χ0n) is 15.0. The van der Waals surface area contributed by atoms with Crippen molar-refractivity contribution in [3.8, 4) is 0 Å². The van der Waals surface area contributed by atoms with Crippen molar-refractivity contribution in [1.82, 2.24) is 15.1 Å². The third-order valence-corrected chi connectivity index (χ3v) is 5.37. The Balaban J connectivity index is 1.64. The van der Waals surface area contributed by atoms with E-state index in [2.05, 4.69) is 21.2 Å². The zero-order valence-corrected chi connectivity index (χ0v) is 16.5. The van der Waals surface area contributed by atoms with Gasteiger partial charge in [-0.2, -0.15) is 0 Å². The fourth-order valence-corrected chi connectivity index (χ4v) is 3.82. The predicted molar refractivity (Wildman–Crippen MR) is 103 cm³/mol. The van der Waals surface area contributed by atoms with E-state index in [4.69, 9.17) is 4.74 Å². The molecule has 1 aromatic rings. The number of halogens is 1. The highest BCUT2D eigenvalue weighted by Gasteiger charge is 2.25. The molecule has 3 rings (SSSR count). The maximum absolute atomic E-state index is 13.0. The summed E-state index contributed by atoms with van der Waals surface area (Å²) < 4.78 is 6.58. The van der Waals surface area contributed by atoms with Crippen molar-refractivity contribution >= 4 is 27.7 Å². The summed E-state index contributed by atoms with van der Waals surface area (Å²) in [4.78, 5) is 29.1. The highest BCUT2D eigenvalue weighted by atomic mass is 79.9. The Labute approximate surface area is 163 Å². The second-order valence-corrected chi connectivity index (χ2v) is 7.69. The van der Waals surface area contributed by atoms with Crippen LogP contribution in [0.3, 0.4) is 0 Å². The Bertz CT molecular complexity index is 628. The van der Waals surface area contributed by atoms with E-state index in [-0.39, 0.29) is 17.9 Å². The Morgan fingerprint density at radius 1 is 1.31 bits per heavy atom. The molecule has 1 atom stereocenters. The van der Waals surface area contributed by atoms with Gasteiger partial charge in [-0.1, -0.05) is 22.0 Å². The maximum Gasteiger partial charge on any atom is 0.253 e. The minimum absolute atomic E-state index is 0.0464. The van der Waals surface area contributed by atoms with Crippen molar-refractivity contribution in [2.24, 2.45) is 0 Å². The summed E-state index contributed by atoms with van der Waals surface area (Å²) in [5, 5.41) is 3.25. The number of rotatable bonds is 6. The number of carbonyl (C=O) groups excluding carboxylic acids is 2. The van der Waals surface area contributed by atoms with Crippen LogP contribution in [0.4, 0.5) is 0 Å². The largest absolute Gasteiger partial charge is 0.376 e. The minimum atomic E-state index is -0.0464. The van der Waals surface area contributed by atoms with Crippen LogP contribution in [0.5, 0.6) is 0 Å². The van der Waals surface area contributed by atoms with Gasteiger partial charge in [0.1, 0.15) is 0 Å². The highest BCUT2D eigenvalue weighted by Crippen LogP contribution is 2.18. The van der Waals surface area contributed by atoms with Gasteiger partial charge in [0.05, 0.1) is 6.10 Å². The molecule has 26 heavy (non-hydrogen) atoms. The molecule has 7 heteroatoms. The Kier molecular flexibility index (Phi) is 7.05. The monoisotopic (exact) mass is 423 g/mol. The highest BCUT2D eigenvalue weighted by molar-refractivity contribution is 9.10. The van der Waals surface area contributed by atoms with Crippen LogP contribution in [0, 0.1) is 0 Å². The van der Waals surface area contributed by atoms with Crippen molar-refractivity contribution in [3.63, 3.8) is 0 Å². The van der Waals surface area contributed by atoms with Crippen LogP contribution in [0.2, 0.25) is 0 Å². The lowest BCUT2D eigenvalue weighted by Gasteiger charge is -2.30. The van der Waals surface area contributed by atoms with Crippen LogP contribution in [0.1, 0.15) is 29.6 Å². The van der Waals surface area contributed by atoms with Crippen molar-refractivity contribution in [1.29, 1.82) is 0 Å². The first-order valence-electron chi connectivity index (χ1n) is 9.28. The van der Waals surface area contributed by atoms with Gasteiger partial charge in [0.2, 0.25) is 5.91 Å². The third-order valence-electron chi connectivity index (χ3n) is 4.87. The summed E-state index contributed by atoms with van der Waals surface area (Å²) in [5.41, 5.74) is 0.631. The first kappa shape index (κ1) is 19.3. The number of amides is 2. The second kappa shape index (κ2) is 9.48. The molecule has 2 amide bonds. The first-order chi connectivity index (χ1) is 12.6. The molecule has 2 aliphatic heterocycles. The molecule has 0 aromatic heterocycles. The van der Waals surface area contributed by atoms with E-state index in [1.807, 2.05) is 29.2 Å². The van der Waals surface area contributed by atoms with E-state index in [1.54, 1.807) is 4.90 Å². The summed E-state index contributed by atoms with van der Waals surface area (Å²) in [6, 6.07) is 7.39. The fourth-order valence-electron chi connectivity index (χ4n) is 3.42. The number of benzene rings is 1. The molecule has 0 saturated carbocycles. The van der Waals surface area contributed by atoms with Crippen molar-refractivity contribution in [2.75, 3.05) is 45.9 Å². The molecule has 0 aliphatic carbocycles. The Morgan fingerprint density at radius 2 is 2.12 bits per heavy atom. The number of hydrogen-bond donors (Lipinski definition) is 1. The number of nitrogens with one attached hydrogen (secondary N) is 1. The molecule has 0 radical (unpaired) electrons. The number of hydrogen-bond acceptors (Lipinski definition) is 4. The van der Waals surface area contributed by atoms with Crippen molar-refractivity contribution in [2.45, 2.75) is 25.4 Å². The quantitative estimate of drug-likeness (QED) is 0.758. The Morgan fingerprint density at radius 3 is 2.81 bits per heavy atom. The van der Waals surface area contributed by atoms with Gasteiger partial charge in [-0.05, 0) is 31.0 Å². The zero-order chi connectivity index (χ0) is 18.4. The van der Waals surface area contributed by atoms with Gasteiger partial charge < -0.3 is 19.9 Å². The lowest BCUT2D eigenvalue weighted by atomic mass is 10.1. The van der Waals surface area contributed by atoms with Gasteiger partial charge >= 0.3 is 0 Å². The molecule has 0 bridgehead atoms. The third kappa shape index (κ3) is 5.28. The summed E-state index contributed by atoms with van der Waals surface area (Å²) >= 11 is 3.42. The first-order valence-corrected chi connectivity index (χ1v) is 10.1. The molecule has 1 aromatic carbocycles. The van der Waals surface area contributed by atoms with E-state index in [1.165, 1.54) is 0 Å². The van der Waals surface area contributed by atoms with E-state index in [0.29, 0.717) is 25.1 Å². The number of piperazine rings is 1. The molecule has 1 N–H and O–H groups in total. The normalized spacial score (nSPS) is 20.2. The molecule has 142 valence electrons. The average Bonchev–Trinajstić information content (AvgIpc) is 3.18. The molecule has 2 heterocycles. The molecule has 2 saturated heterocycles. The van der Waals surface area contributed by atoms with Gasteiger partial charge in [-0.25, -0.2) is 0 Å². The molecule has 2 aliphatic rings. The molecule has 2 fully saturated rings. The van der Waals surface area contributed by atoms with Gasteiger partial charge in [-0.3, -0.25) is 9.59 Å². The summed E-state index contributed by atoms with van der Waals surface area (Å²) in [7, 11) is 0. The smallest absolute Gasteiger partial charge is 0.253 e. The van der Waals surface area contributed by atoms with E-state index in [0.717, 1.165) is 50.1 Å². The van der Waals surface area contributed by atoms with Gasteiger partial charge in [-0.15, -0.1) is 0 Å². The predicted octanol–water partition coefficient (Wildman–Crippen LogP) is 1.89.